The Hall–Kier alpha value is -2.72. The molecule has 1 amide bonds. The number of amides is 1. The van der Waals surface area contributed by atoms with E-state index in [0.29, 0.717) is 28.8 Å². The molecule has 0 spiro atoms. The minimum atomic E-state index is -0.291. The lowest BCUT2D eigenvalue weighted by molar-refractivity contribution is -0.384. The summed E-state index contributed by atoms with van der Waals surface area (Å²) in [5.74, 6) is -0.177. The number of nitro benzene ring substituents is 1. The van der Waals surface area contributed by atoms with Crippen LogP contribution in [0.3, 0.4) is 0 Å². The fourth-order valence-corrected chi connectivity index (χ4v) is 4.96. The van der Waals surface area contributed by atoms with E-state index in [4.69, 9.17) is 12.2 Å². The third-order valence-electron chi connectivity index (χ3n) is 5.75. The van der Waals surface area contributed by atoms with Gasteiger partial charge in [-0.3, -0.25) is 20.2 Å². The number of anilines is 2. The Morgan fingerprint density at radius 1 is 1.03 bits per heavy atom. The van der Waals surface area contributed by atoms with Gasteiger partial charge in [0, 0.05) is 51.0 Å². The fourth-order valence-electron chi connectivity index (χ4n) is 4.06. The lowest BCUT2D eigenvalue weighted by atomic mass is 10.1. The molecule has 4 rings (SSSR count). The van der Waals surface area contributed by atoms with Crippen LogP contribution >= 0.6 is 23.6 Å². The summed E-state index contributed by atoms with van der Waals surface area (Å²) in [6.07, 6.45) is 3.30. The summed E-state index contributed by atoms with van der Waals surface area (Å²) in [6, 6.07) is 9.02. The summed E-state index contributed by atoms with van der Waals surface area (Å²) in [7, 11) is 0. The molecule has 0 bridgehead atoms. The van der Waals surface area contributed by atoms with Crippen LogP contribution in [-0.4, -0.2) is 60.1 Å². The van der Waals surface area contributed by atoms with Crippen molar-refractivity contribution in [3.05, 3.63) is 50.7 Å². The first-order valence-corrected chi connectivity index (χ1v) is 11.7. The van der Waals surface area contributed by atoms with Crippen molar-refractivity contribution in [2.24, 2.45) is 0 Å². The SMILES string of the molecule is O=C(NC(=S)N1CCN(c2ccc([N+](=O)[O-])c(N3CCCCC3)c2)CC1)c1cccs1. The van der Waals surface area contributed by atoms with Crippen LogP contribution in [-0.2, 0) is 0 Å². The van der Waals surface area contributed by atoms with Gasteiger partial charge in [-0.2, -0.15) is 0 Å². The highest BCUT2D eigenvalue weighted by Gasteiger charge is 2.25. The fraction of sp³-hybridized carbons (Fsp3) is 0.429. The Labute approximate surface area is 190 Å². The van der Waals surface area contributed by atoms with Crippen molar-refractivity contribution in [3.63, 3.8) is 0 Å². The first-order valence-electron chi connectivity index (χ1n) is 10.4. The lowest BCUT2D eigenvalue weighted by Crippen LogP contribution is -2.52. The number of nitro groups is 1. The minimum absolute atomic E-state index is 0.168. The third kappa shape index (κ3) is 4.96. The van der Waals surface area contributed by atoms with Crippen molar-refractivity contribution in [2.75, 3.05) is 49.1 Å². The van der Waals surface area contributed by atoms with E-state index in [2.05, 4.69) is 15.1 Å². The van der Waals surface area contributed by atoms with E-state index in [1.165, 1.54) is 17.8 Å². The van der Waals surface area contributed by atoms with Gasteiger partial charge in [-0.15, -0.1) is 11.3 Å². The van der Waals surface area contributed by atoms with Gasteiger partial charge in [0.15, 0.2) is 5.11 Å². The Balaban J connectivity index is 1.40. The standard InChI is InChI=1S/C21H25N5O3S2/c27-20(19-5-4-14-31-19)22-21(30)25-12-10-23(11-13-25)16-6-7-17(26(28)29)18(15-16)24-8-2-1-3-9-24/h4-7,14-15H,1-3,8-13H2,(H,22,27,30). The average molecular weight is 460 g/mol. The van der Waals surface area contributed by atoms with Crippen LogP contribution in [0.25, 0.3) is 0 Å². The largest absolute Gasteiger partial charge is 0.368 e. The number of carbonyl (C=O) groups excluding carboxylic acids is 1. The summed E-state index contributed by atoms with van der Waals surface area (Å²) in [4.78, 5) is 30.5. The van der Waals surface area contributed by atoms with E-state index in [1.54, 1.807) is 12.1 Å². The van der Waals surface area contributed by atoms with E-state index >= 15 is 0 Å². The quantitative estimate of drug-likeness (QED) is 0.426. The molecule has 0 atom stereocenters. The molecule has 0 saturated carbocycles. The van der Waals surface area contributed by atoms with E-state index in [-0.39, 0.29) is 16.5 Å². The topological polar surface area (TPSA) is 82.0 Å². The highest BCUT2D eigenvalue weighted by molar-refractivity contribution is 7.80. The van der Waals surface area contributed by atoms with E-state index in [9.17, 15) is 14.9 Å². The van der Waals surface area contributed by atoms with Crippen molar-refractivity contribution in [3.8, 4) is 0 Å². The molecule has 1 N–H and O–H groups in total. The number of rotatable bonds is 4. The molecular formula is C21H25N5O3S2. The number of nitrogens with one attached hydrogen (secondary N) is 1. The smallest absolute Gasteiger partial charge is 0.292 e. The Morgan fingerprint density at radius 2 is 1.77 bits per heavy atom. The molecule has 2 aliphatic heterocycles. The second-order valence-electron chi connectivity index (χ2n) is 7.69. The van der Waals surface area contributed by atoms with Crippen LogP contribution in [0.4, 0.5) is 17.1 Å². The van der Waals surface area contributed by atoms with Gasteiger partial charge < -0.3 is 14.7 Å². The van der Waals surface area contributed by atoms with E-state index in [0.717, 1.165) is 44.7 Å². The first-order chi connectivity index (χ1) is 15.0. The average Bonchev–Trinajstić information content (AvgIpc) is 3.34. The van der Waals surface area contributed by atoms with Crippen LogP contribution in [0, 0.1) is 10.1 Å². The molecule has 2 aliphatic rings. The van der Waals surface area contributed by atoms with E-state index < -0.39 is 0 Å². The van der Waals surface area contributed by atoms with Gasteiger partial charge in [-0.05, 0) is 55.1 Å². The molecule has 0 radical (unpaired) electrons. The summed E-state index contributed by atoms with van der Waals surface area (Å²) >= 11 is 6.81. The predicted molar refractivity (Wildman–Crippen MR) is 127 cm³/mol. The zero-order valence-corrected chi connectivity index (χ0v) is 18.8. The van der Waals surface area contributed by atoms with Crippen molar-refractivity contribution in [2.45, 2.75) is 19.3 Å². The Bertz CT molecular complexity index is 952. The first kappa shape index (κ1) is 21.5. The number of thiophene rings is 1. The van der Waals surface area contributed by atoms with Crippen LogP contribution < -0.4 is 15.1 Å². The molecule has 1 aromatic carbocycles. The zero-order chi connectivity index (χ0) is 21.8. The number of piperazine rings is 1. The maximum atomic E-state index is 12.2. The van der Waals surface area contributed by atoms with Crippen molar-refractivity contribution >= 4 is 51.6 Å². The molecule has 1 aromatic heterocycles. The van der Waals surface area contributed by atoms with Crippen LogP contribution in [0.2, 0.25) is 0 Å². The molecule has 10 heteroatoms. The third-order valence-corrected chi connectivity index (χ3v) is 6.98. The Morgan fingerprint density at radius 3 is 2.42 bits per heavy atom. The maximum Gasteiger partial charge on any atom is 0.292 e. The molecule has 2 aromatic rings. The van der Waals surface area contributed by atoms with Crippen molar-refractivity contribution in [1.29, 1.82) is 0 Å². The summed E-state index contributed by atoms with van der Waals surface area (Å²) in [5, 5.41) is 16.7. The van der Waals surface area contributed by atoms with E-state index in [1.807, 2.05) is 28.5 Å². The van der Waals surface area contributed by atoms with Gasteiger partial charge in [0.25, 0.3) is 11.6 Å². The summed E-state index contributed by atoms with van der Waals surface area (Å²) in [5.41, 5.74) is 1.87. The van der Waals surface area contributed by atoms with Gasteiger partial charge in [-0.1, -0.05) is 6.07 Å². The van der Waals surface area contributed by atoms with Gasteiger partial charge >= 0.3 is 0 Å². The number of piperidine rings is 1. The van der Waals surface area contributed by atoms with Crippen LogP contribution in [0.15, 0.2) is 35.7 Å². The molecular weight excluding hydrogens is 434 g/mol. The molecule has 31 heavy (non-hydrogen) atoms. The number of thiocarbonyl (C=S) groups is 1. The van der Waals surface area contributed by atoms with Gasteiger partial charge in [0.1, 0.15) is 5.69 Å². The number of carbonyl (C=O) groups is 1. The molecule has 2 saturated heterocycles. The number of benzene rings is 1. The second-order valence-corrected chi connectivity index (χ2v) is 9.02. The summed E-state index contributed by atoms with van der Waals surface area (Å²) < 4.78 is 0. The number of nitrogens with zero attached hydrogens (tertiary/aromatic N) is 4. The molecule has 0 aliphatic carbocycles. The number of hydrogen-bond acceptors (Lipinski definition) is 7. The second kappa shape index (κ2) is 9.61. The molecule has 0 unspecified atom stereocenters. The maximum absolute atomic E-state index is 12.2. The summed E-state index contributed by atoms with van der Waals surface area (Å²) in [6.45, 7) is 4.53. The highest BCUT2D eigenvalue weighted by Crippen LogP contribution is 2.34. The van der Waals surface area contributed by atoms with Crippen molar-refractivity contribution < 1.29 is 9.72 Å². The normalized spacial score (nSPS) is 16.8. The van der Waals surface area contributed by atoms with Gasteiger partial charge in [-0.25, -0.2) is 0 Å². The van der Waals surface area contributed by atoms with Gasteiger partial charge in [0.2, 0.25) is 0 Å². The van der Waals surface area contributed by atoms with Crippen LogP contribution in [0.5, 0.6) is 0 Å². The highest BCUT2D eigenvalue weighted by atomic mass is 32.1. The van der Waals surface area contributed by atoms with Crippen molar-refractivity contribution in [1.82, 2.24) is 10.2 Å². The molecule has 8 nitrogen and oxygen atoms in total. The molecule has 164 valence electrons. The monoisotopic (exact) mass is 459 g/mol. The predicted octanol–water partition coefficient (Wildman–Crippen LogP) is 3.48. The van der Waals surface area contributed by atoms with Crippen LogP contribution in [0.1, 0.15) is 28.9 Å². The molecule has 3 heterocycles. The Kier molecular flexibility index (Phi) is 6.67. The minimum Gasteiger partial charge on any atom is -0.368 e. The number of hydrogen-bond donors (Lipinski definition) is 1. The van der Waals surface area contributed by atoms with Gasteiger partial charge in [0.05, 0.1) is 9.80 Å². The zero-order valence-electron chi connectivity index (χ0n) is 17.2. The lowest BCUT2D eigenvalue weighted by Gasteiger charge is -2.37. The molecule has 2 fully saturated rings.